The number of benzene rings is 1. The largest absolute Gasteiger partial charge is 0.384 e. The number of nitrogen functional groups attached to an aromatic ring is 1. The molecule has 4 rings (SSSR count). The van der Waals surface area contributed by atoms with E-state index in [2.05, 4.69) is 50.7 Å². The molecule has 5 nitrogen and oxygen atoms in total. The molecule has 0 aliphatic heterocycles. The molecular formula is C20H25N5. The van der Waals surface area contributed by atoms with Gasteiger partial charge in [0.15, 0.2) is 5.65 Å². The Bertz CT molecular complexity index is 820. The quantitative estimate of drug-likeness (QED) is 0.723. The van der Waals surface area contributed by atoms with Gasteiger partial charge in [0, 0.05) is 5.92 Å². The number of nitrogens with two attached hydrogens (primary N) is 1. The smallest absolute Gasteiger partial charge is 0.178 e. The van der Waals surface area contributed by atoms with Gasteiger partial charge in [-0.05, 0) is 36.0 Å². The molecular weight excluding hydrogens is 310 g/mol. The first-order valence-electron chi connectivity index (χ1n) is 9.33. The third-order valence-corrected chi connectivity index (χ3v) is 5.51. The van der Waals surface area contributed by atoms with Crippen LogP contribution < -0.4 is 5.73 Å². The van der Waals surface area contributed by atoms with Gasteiger partial charge < -0.3 is 5.73 Å². The Morgan fingerprint density at radius 3 is 2.72 bits per heavy atom. The monoisotopic (exact) mass is 335 g/mol. The topological polar surface area (TPSA) is 80.5 Å². The average molecular weight is 335 g/mol. The highest BCUT2D eigenvalue weighted by Crippen LogP contribution is 2.37. The fraction of sp³-hybridized carbons (Fsp3) is 0.450. The van der Waals surface area contributed by atoms with Crippen LogP contribution in [-0.4, -0.2) is 20.4 Å². The van der Waals surface area contributed by atoms with Gasteiger partial charge in [-0.25, -0.2) is 10.1 Å². The average Bonchev–Trinajstić information content (AvgIpc) is 3.12. The molecule has 0 spiro atoms. The van der Waals surface area contributed by atoms with Crippen LogP contribution in [0.1, 0.15) is 62.0 Å². The molecule has 3 N–H and O–H groups in total. The summed E-state index contributed by atoms with van der Waals surface area (Å²) in [5, 5.41) is 11.1. The Morgan fingerprint density at radius 1 is 1.12 bits per heavy atom. The van der Waals surface area contributed by atoms with Crippen LogP contribution in [0.3, 0.4) is 0 Å². The lowest BCUT2D eigenvalue weighted by Crippen LogP contribution is -2.10. The lowest BCUT2D eigenvalue weighted by Gasteiger charge is -2.25. The molecule has 1 aliphatic rings. The number of rotatable bonds is 5. The molecule has 1 atom stereocenters. The number of nitrogens with zero attached hydrogens (tertiary/aromatic N) is 3. The van der Waals surface area contributed by atoms with Crippen LogP contribution in [0.15, 0.2) is 36.4 Å². The van der Waals surface area contributed by atoms with Crippen LogP contribution in [0.4, 0.5) is 5.82 Å². The second-order valence-electron chi connectivity index (χ2n) is 7.19. The second kappa shape index (κ2) is 7.21. The van der Waals surface area contributed by atoms with E-state index in [0.717, 1.165) is 23.4 Å². The molecule has 1 aliphatic carbocycles. The van der Waals surface area contributed by atoms with Gasteiger partial charge in [-0.15, -0.1) is 5.10 Å². The van der Waals surface area contributed by atoms with Crippen molar-refractivity contribution >= 4 is 17.0 Å². The van der Waals surface area contributed by atoms with Crippen molar-refractivity contribution in [1.29, 1.82) is 0 Å². The fourth-order valence-electron chi connectivity index (χ4n) is 4.22. The summed E-state index contributed by atoms with van der Waals surface area (Å²) in [5.41, 5.74) is 10.0. The van der Waals surface area contributed by atoms with Crippen LogP contribution in [-0.2, 0) is 0 Å². The zero-order chi connectivity index (χ0) is 17.1. The van der Waals surface area contributed by atoms with Crippen molar-refractivity contribution in [2.45, 2.75) is 50.9 Å². The zero-order valence-corrected chi connectivity index (χ0v) is 14.5. The Morgan fingerprint density at radius 2 is 1.92 bits per heavy atom. The predicted molar refractivity (Wildman–Crippen MR) is 100 cm³/mol. The Labute approximate surface area is 148 Å². The van der Waals surface area contributed by atoms with Crippen molar-refractivity contribution in [3.8, 4) is 0 Å². The molecule has 3 aromatic rings. The first-order chi connectivity index (χ1) is 12.3. The van der Waals surface area contributed by atoms with Gasteiger partial charge in [0.05, 0.1) is 0 Å². The first kappa shape index (κ1) is 16.1. The molecule has 1 unspecified atom stereocenters. The third kappa shape index (κ3) is 3.50. The lowest BCUT2D eigenvalue weighted by atomic mass is 9.80. The Balaban J connectivity index is 1.68. The number of H-pyrrole nitrogens is 1. The molecule has 0 bridgehead atoms. The van der Waals surface area contributed by atoms with E-state index >= 15 is 0 Å². The number of nitrogens with one attached hydrogen (secondary N) is 1. The SMILES string of the molecule is Nc1cc(C(CCC2CCCCC2)c2ccccc2)c2nn[nH]c2n1. The van der Waals surface area contributed by atoms with E-state index in [1.807, 2.05) is 6.07 Å². The van der Waals surface area contributed by atoms with E-state index < -0.39 is 0 Å². The molecule has 0 amide bonds. The Hall–Kier alpha value is -2.43. The molecule has 25 heavy (non-hydrogen) atoms. The summed E-state index contributed by atoms with van der Waals surface area (Å²) in [6.07, 6.45) is 9.28. The number of hydrogen-bond acceptors (Lipinski definition) is 4. The van der Waals surface area contributed by atoms with E-state index in [4.69, 9.17) is 5.73 Å². The summed E-state index contributed by atoms with van der Waals surface area (Å²) in [4.78, 5) is 4.32. The van der Waals surface area contributed by atoms with Gasteiger partial charge >= 0.3 is 0 Å². The predicted octanol–water partition coefficient (Wildman–Crippen LogP) is 4.43. The van der Waals surface area contributed by atoms with Gasteiger partial charge in [-0.2, -0.15) is 0 Å². The number of anilines is 1. The van der Waals surface area contributed by atoms with Gasteiger partial charge in [-0.3, -0.25) is 0 Å². The molecule has 2 heterocycles. The summed E-state index contributed by atoms with van der Waals surface area (Å²) in [5.74, 6) is 1.65. The molecule has 5 heteroatoms. The van der Waals surface area contributed by atoms with Crippen LogP contribution >= 0.6 is 0 Å². The summed E-state index contributed by atoms with van der Waals surface area (Å²) >= 11 is 0. The highest BCUT2D eigenvalue weighted by atomic mass is 15.3. The van der Waals surface area contributed by atoms with Gasteiger partial charge in [0.2, 0.25) is 0 Å². The van der Waals surface area contributed by atoms with Crippen molar-refractivity contribution < 1.29 is 0 Å². The van der Waals surface area contributed by atoms with Gasteiger partial charge in [0.1, 0.15) is 11.3 Å². The van der Waals surface area contributed by atoms with Crippen LogP contribution in [0.25, 0.3) is 11.2 Å². The summed E-state index contributed by atoms with van der Waals surface area (Å²) in [6.45, 7) is 0. The molecule has 0 radical (unpaired) electrons. The normalized spacial score (nSPS) is 17.0. The third-order valence-electron chi connectivity index (χ3n) is 5.51. The highest BCUT2D eigenvalue weighted by molar-refractivity contribution is 5.77. The zero-order valence-electron chi connectivity index (χ0n) is 14.5. The molecule has 1 aromatic carbocycles. The van der Waals surface area contributed by atoms with E-state index in [-0.39, 0.29) is 5.92 Å². The molecule has 0 saturated heterocycles. The molecule has 130 valence electrons. The van der Waals surface area contributed by atoms with Crippen LogP contribution in [0.2, 0.25) is 0 Å². The van der Waals surface area contributed by atoms with Crippen LogP contribution in [0.5, 0.6) is 0 Å². The van der Waals surface area contributed by atoms with Crippen molar-refractivity contribution in [3.05, 3.63) is 47.5 Å². The number of aromatic amines is 1. The molecule has 1 fully saturated rings. The van der Waals surface area contributed by atoms with Crippen molar-refractivity contribution in [2.75, 3.05) is 5.73 Å². The van der Waals surface area contributed by atoms with E-state index in [9.17, 15) is 0 Å². The van der Waals surface area contributed by atoms with Gasteiger partial charge in [-0.1, -0.05) is 67.6 Å². The number of aromatic nitrogens is 4. The molecule has 2 aromatic heterocycles. The van der Waals surface area contributed by atoms with Crippen molar-refractivity contribution in [1.82, 2.24) is 20.4 Å². The minimum absolute atomic E-state index is 0.279. The van der Waals surface area contributed by atoms with E-state index in [1.54, 1.807) is 0 Å². The summed E-state index contributed by atoms with van der Waals surface area (Å²) in [6, 6.07) is 12.7. The minimum Gasteiger partial charge on any atom is -0.384 e. The van der Waals surface area contributed by atoms with Crippen molar-refractivity contribution in [2.24, 2.45) is 5.92 Å². The number of hydrogen-bond donors (Lipinski definition) is 2. The van der Waals surface area contributed by atoms with Gasteiger partial charge in [0.25, 0.3) is 0 Å². The maximum Gasteiger partial charge on any atom is 0.178 e. The standard InChI is InChI=1S/C20H25N5/c21-18-13-17(19-20(22-18)24-25-23-19)16(15-9-5-2-6-10-15)12-11-14-7-3-1-4-8-14/h2,5-6,9-10,13-14,16H,1,3-4,7-8,11-12H2,(H3,21,22,23,24,25). The number of fused-ring (bicyclic) bond motifs is 1. The summed E-state index contributed by atoms with van der Waals surface area (Å²) in [7, 11) is 0. The maximum absolute atomic E-state index is 6.05. The van der Waals surface area contributed by atoms with E-state index in [1.165, 1.54) is 44.1 Å². The second-order valence-corrected chi connectivity index (χ2v) is 7.19. The molecule has 1 saturated carbocycles. The first-order valence-corrected chi connectivity index (χ1v) is 9.33. The lowest BCUT2D eigenvalue weighted by molar-refractivity contribution is 0.328. The minimum atomic E-state index is 0.279. The van der Waals surface area contributed by atoms with Crippen molar-refractivity contribution in [3.63, 3.8) is 0 Å². The van der Waals surface area contributed by atoms with E-state index in [0.29, 0.717) is 11.5 Å². The number of pyridine rings is 1. The maximum atomic E-state index is 6.05. The fourth-order valence-corrected chi connectivity index (χ4v) is 4.22. The highest BCUT2D eigenvalue weighted by Gasteiger charge is 2.22. The summed E-state index contributed by atoms with van der Waals surface area (Å²) < 4.78 is 0. The van der Waals surface area contributed by atoms with Crippen LogP contribution in [0, 0.1) is 5.92 Å². The Kier molecular flexibility index (Phi) is 4.63.